The van der Waals surface area contributed by atoms with Crippen LogP contribution in [0.3, 0.4) is 0 Å². The van der Waals surface area contributed by atoms with Gasteiger partial charge in [0.05, 0.1) is 6.61 Å². The Balaban J connectivity index is 1.71. The van der Waals surface area contributed by atoms with Crippen molar-refractivity contribution in [1.82, 2.24) is 15.5 Å². The monoisotopic (exact) mass is 416 g/mol. The lowest BCUT2D eigenvalue weighted by Gasteiger charge is -2.32. The molecule has 0 spiro atoms. The molecule has 1 saturated heterocycles. The van der Waals surface area contributed by atoms with Crippen LogP contribution in [0.15, 0.2) is 29.3 Å². The van der Waals surface area contributed by atoms with Crippen LogP contribution in [0.25, 0.3) is 0 Å². The average molecular weight is 416 g/mol. The fraction of sp³-hybridized carbons (Fsp3) is 0.579. The van der Waals surface area contributed by atoms with Crippen molar-refractivity contribution in [2.24, 2.45) is 4.99 Å². The molecule has 10 heteroatoms. The zero-order chi connectivity index (χ0) is 21.3. The van der Waals surface area contributed by atoms with Crippen LogP contribution in [0.2, 0.25) is 0 Å². The van der Waals surface area contributed by atoms with Crippen molar-refractivity contribution in [3.05, 3.63) is 29.8 Å². The van der Waals surface area contributed by atoms with E-state index in [4.69, 9.17) is 4.74 Å². The van der Waals surface area contributed by atoms with Crippen LogP contribution in [0, 0.1) is 0 Å². The van der Waals surface area contributed by atoms with E-state index in [2.05, 4.69) is 20.4 Å². The van der Waals surface area contributed by atoms with E-state index in [1.807, 2.05) is 0 Å². The van der Waals surface area contributed by atoms with Gasteiger partial charge in [0.1, 0.15) is 5.75 Å². The summed E-state index contributed by atoms with van der Waals surface area (Å²) in [5, 5.41) is 6.53. The Hall–Kier alpha value is -2.65. The van der Waals surface area contributed by atoms with Crippen LogP contribution < -0.4 is 15.4 Å². The maximum absolute atomic E-state index is 12.2. The highest BCUT2D eigenvalue weighted by Gasteiger charge is 2.31. The molecule has 2 rings (SSSR count). The average Bonchev–Trinajstić information content (AvgIpc) is 2.68. The van der Waals surface area contributed by atoms with Crippen molar-refractivity contribution in [3.8, 4) is 5.75 Å². The number of nitrogens with one attached hydrogen (secondary N) is 2. The molecule has 0 unspecified atom stereocenters. The first-order valence-corrected chi connectivity index (χ1v) is 9.54. The Bertz CT molecular complexity index is 672. The number of amides is 1. The molecule has 1 aliphatic rings. The quantitative estimate of drug-likeness (QED) is 0.551. The number of likely N-dealkylation sites (tertiary alicyclic amines) is 1. The van der Waals surface area contributed by atoms with Gasteiger partial charge >= 0.3 is 12.5 Å². The van der Waals surface area contributed by atoms with Gasteiger partial charge in [-0.05, 0) is 43.9 Å². The molecule has 0 saturated carbocycles. The number of ether oxygens (including phenoxy) is 2. The van der Waals surface area contributed by atoms with E-state index in [1.54, 1.807) is 31.0 Å². The number of aliphatic imine (C=N–C) groups is 1. The third kappa shape index (κ3) is 8.08. The number of rotatable bonds is 6. The van der Waals surface area contributed by atoms with Crippen molar-refractivity contribution in [3.63, 3.8) is 0 Å². The normalized spacial score (nSPS) is 15.8. The standard InChI is InChI=1S/C19H27F3N4O3/c1-3-28-18(27)26-12-9-15(10-13-26)25-17(23-2)24-11-8-14-4-6-16(7-5-14)29-19(20,21)22/h4-7,15H,3,8-13H2,1-2H3,(H2,23,24,25). The van der Waals surface area contributed by atoms with Crippen LogP contribution in [-0.4, -0.2) is 62.6 Å². The SMILES string of the molecule is CCOC(=O)N1CCC(NC(=NC)NCCc2ccc(OC(F)(F)F)cc2)CC1. The maximum Gasteiger partial charge on any atom is 0.573 e. The summed E-state index contributed by atoms with van der Waals surface area (Å²) in [4.78, 5) is 17.6. The van der Waals surface area contributed by atoms with Crippen molar-refractivity contribution >= 4 is 12.1 Å². The summed E-state index contributed by atoms with van der Waals surface area (Å²) >= 11 is 0. The molecule has 1 amide bonds. The number of guanidine groups is 1. The summed E-state index contributed by atoms with van der Waals surface area (Å²) in [5.74, 6) is 0.414. The molecule has 1 aromatic rings. The van der Waals surface area contributed by atoms with Gasteiger partial charge in [0.15, 0.2) is 5.96 Å². The minimum absolute atomic E-state index is 0.200. The summed E-state index contributed by atoms with van der Waals surface area (Å²) in [6.45, 7) is 3.97. The molecule has 0 bridgehead atoms. The third-order valence-electron chi connectivity index (χ3n) is 4.45. The van der Waals surface area contributed by atoms with Crippen molar-refractivity contribution in [1.29, 1.82) is 0 Å². The van der Waals surface area contributed by atoms with Crippen LogP contribution in [0.5, 0.6) is 5.75 Å². The highest BCUT2D eigenvalue weighted by Crippen LogP contribution is 2.22. The molecular formula is C19H27F3N4O3. The van der Waals surface area contributed by atoms with Gasteiger partial charge in [0, 0.05) is 32.7 Å². The molecule has 0 radical (unpaired) electrons. The third-order valence-corrected chi connectivity index (χ3v) is 4.45. The lowest BCUT2D eigenvalue weighted by molar-refractivity contribution is -0.274. The molecule has 1 aromatic carbocycles. The van der Waals surface area contributed by atoms with Gasteiger partial charge in [-0.1, -0.05) is 12.1 Å². The van der Waals surface area contributed by atoms with E-state index in [0.29, 0.717) is 38.6 Å². The molecule has 2 N–H and O–H groups in total. The van der Waals surface area contributed by atoms with Crippen molar-refractivity contribution < 1.29 is 27.4 Å². The molecule has 0 aliphatic carbocycles. The molecule has 0 aromatic heterocycles. The fourth-order valence-electron chi connectivity index (χ4n) is 2.99. The summed E-state index contributed by atoms with van der Waals surface area (Å²) in [7, 11) is 1.67. The van der Waals surface area contributed by atoms with Gasteiger partial charge in [0.2, 0.25) is 0 Å². The van der Waals surface area contributed by atoms with E-state index in [9.17, 15) is 18.0 Å². The van der Waals surface area contributed by atoms with E-state index >= 15 is 0 Å². The number of hydrogen-bond acceptors (Lipinski definition) is 4. The van der Waals surface area contributed by atoms with Crippen molar-refractivity contribution in [2.75, 3.05) is 33.3 Å². The molecule has 7 nitrogen and oxygen atoms in total. The topological polar surface area (TPSA) is 75.2 Å². The highest BCUT2D eigenvalue weighted by atomic mass is 19.4. The van der Waals surface area contributed by atoms with Gasteiger partial charge in [-0.25, -0.2) is 4.79 Å². The van der Waals surface area contributed by atoms with E-state index in [1.165, 1.54) is 12.1 Å². The number of carbonyl (C=O) groups is 1. The Morgan fingerprint density at radius 1 is 1.24 bits per heavy atom. The molecule has 29 heavy (non-hydrogen) atoms. The molecule has 0 atom stereocenters. The second kappa shape index (κ2) is 10.8. The number of alkyl halides is 3. The van der Waals surface area contributed by atoms with Gasteiger partial charge in [-0.15, -0.1) is 13.2 Å². The Morgan fingerprint density at radius 3 is 2.45 bits per heavy atom. The first kappa shape index (κ1) is 22.6. The van der Waals surface area contributed by atoms with Crippen LogP contribution in [-0.2, 0) is 11.2 Å². The van der Waals surface area contributed by atoms with Crippen LogP contribution in [0.4, 0.5) is 18.0 Å². The molecule has 1 aliphatic heterocycles. The lowest BCUT2D eigenvalue weighted by atomic mass is 10.1. The number of piperidine rings is 1. The Kier molecular flexibility index (Phi) is 8.41. The predicted molar refractivity (Wildman–Crippen MR) is 103 cm³/mol. The molecular weight excluding hydrogens is 389 g/mol. The van der Waals surface area contributed by atoms with Gasteiger partial charge in [-0.2, -0.15) is 0 Å². The summed E-state index contributed by atoms with van der Waals surface area (Å²) < 4.78 is 45.4. The predicted octanol–water partition coefficient (Wildman–Crippen LogP) is 2.91. The largest absolute Gasteiger partial charge is 0.573 e. The van der Waals surface area contributed by atoms with Crippen molar-refractivity contribution in [2.45, 2.75) is 38.6 Å². The summed E-state index contributed by atoms with van der Waals surface area (Å²) in [6.07, 6.45) is -2.76. The number of hydrogen-bond donors (Lipinski definition) is 2. The first-order valence-electron chi connectivity index (χ1n) is 9.54. The zero-order valence-corrected chi connectivity index (χ0v) is 16.6. The first-order chi connectivity index (χ1) is 13.8. The number of nitrogens with zero attached hydrogens (tertiary/aromatic N) is 2. The van der Waals surface area contributed by atoms with E-state index in [-0.39, 0.29) is 17.9 Å². The minimum Gasteiger partial charge on any atom is -0.450 e. The lowest BCUT2D eigenvalue weighted by Crippen LogP contribution is -2.50. The fourth-order valence-corrected chi connectivity index (χ4v) is 2.99. The second-order valence-electron chi connectivity index (χ2n) is 6.55. The Morgan fingerprint density at radius 2 is 1.90 bits per heavy atom. The zero-order valence-electron chi connectivity index (χ0n) is 16.6. The number of halogens is 3. The molecule has 1 heterocycles. The van der Waals surface area contributed by atoms with Crippen LogP contribution in [0.1, 0.15) is 25.3 Å². The molecule has 162 valence electrons. The highest BCUT2D eigenvalue weighted by molar-refractivity contribution is 5.80. The maximum atomic E-state index is 12.2. The molecule has 1 fully saturated rings. The summed E-state index contributed by atoms with van der Waals surface area (Å²) in [6, 6.07) is 6.00. The van der Waals surface area contributed by atoms with Crippen LogP contribution >= 0.6 is 0 Å². The van der Waals surface area contributed by atoms with Gasteiger partial charge < -0.3 is 25.0 Å². The second-order valence-corrected chi connectivity index (χ2v) is 6.55. The minimum atomic E-state index is -4.69. The van der Waals surface area contributed by atoms with E-state index < -0.39 is 6.36 Å². The van der Waals surface area contributed by atoms with Gasteiger partial charge in [0.25, 0.3) is 0 Å². The summed E-state index contributed by atoms with van der Waals surface area (Å²) in [5.41, 5.74) is 0.880. The number of benzene rings is 1. The smallest absolute Gasteiger partial charge is 0.450 e. The van der Waals surface area contributed by atoms with E-state index in [0.717, 1.165) is 18.4 Å². The number of carbonyl (C=O) groups excluding carboxylic acids is 1. The Labute approximate surface area is 168 Å². The van der Waals surface area contributed by atoms with Gasteiger partial charge in [-0.3, -0.25) is 4.99 Å².